The summed E-state index contributed by atoms with van der Waals surface area (Å²) < 4.78 is 7.29. The molecule has 130 valence electrons. The third-order valence-electron chi connectivity index (χ3n) is 4.64. The van der Waals surface area contributed by atoms with Gasteiger partial charge in [0.25, 0.3) is 0 Å². The molecule has 3 rings (SSSR count). The third-order valence-corrected chi connectivity index (χ3v) is 4.64. The van der Waals surface area contributed by atoms with Crippen LogP contribution in [-0.4, -0.2) is 57.5 Å². The highest BCUT2D eigenvalue weighted by Gasteiger charge is 2.25. The molecule has 7 heteroatoms. The van der Waals surface area contributed by atoms with Crippen molar-refractivity contribution >= 4 is 5.91 Å². The van der Waals surface area contributed by atoms with Crippen LogP contribution in [-0.2, 0) is 24.9 Å². The maximum absolute atomic E-state index is 12.3. The van der Waals surface area contributed by atoms with Crippen molar-refractivity contribution in [3.05, 3.63) is 42.4 Å². The average molecular weight is 331 g/mol. The summed E-state index contributed by atoms with van der Waals surface area (Å²) in [4.78, 5) is 21.3. The number of hydrogen-bond donors (Lipinski definition) is 1. The van der Waals surface area contributed by atoms with Gasteiger partial charge in [-0.3, -0.25) is 14.6 Å². The SMILES string of the molecule is C[C@@H](C(=O)NCc1ccco1)N1CCN(Cc2nccn2C)CC1. The number of carbonyl (C=O) groups excluding carboxylic acids is 1. The maximum Gasteiger partial charge on any atom is 0.237 e. The van der Waals surface area contributed by atoms with Crippen LogP contribution in [0.3, 0.4) is 0 Å². The number of aryl methyl sites for hydroxylation is 1. The molecule has 1 atom stereocenters. The second kappa shape index (κ2) is 7.63. The van der Waals surface area contributed by atoms with Crippen LogP contribution in [0.1, 0.15) is 18.5 Å². The number of hydrogen-bond acceptors (Lipinski definition) is 5. The van der Waals surface area contributed by atoms with Gasteiger partial charge in [-0.05, 0) is 19.1 Å². The largest absolute Gasteiger partial charge is 0.467 e. The highest BCUT2D eigenvalue weighted by molar-refractivity contribution is 5.81. The summed E-state index contributed by atoms with van der Waals surface area (Å²) in [5, 5.41) is 2.94. The molecule has 1 aliphatic rings. The first-order valence-electron chi connectivity index (χ1n) is 8.36. The molecule has 7 nitrogen and oxygen atoms in total. The Balaban J connectivity index is 1.43. The Hall–Kier alpha value is -2.12. The summed E-state index contributed by atoms with van der Waals surface area (Å²) in [6.45, 7) is 6.93. The summed E-state index contributed by atoms with van der Waals surface area (Å²) >= 11 is 0. The number of nitrogens with zero attached hydrogens (tertiary/aromatic N) is 4. The Morgan fingerprint density at radius 1 is 1.38 bits per heavy atom. The van der Waals surface area contributed by atoms with Gasteiger partial charge in [0.15, 0.2) is 0 Å². The summed E-state index contributed by atoms with van der Waals surface area (Å²) in [5.74, 6) is 1.90. The van der Waals surface area contributed by atoms with Gasteiger partial charge in [0.2, 0.25) is 5.91 Å². The van der Waals surface area contributed by atoms with Crippen LogP contribution >= 0.6 is 0 Å². The lowest BCUT2D eigenvalue weighted by Gasteiger charge is -2.37. The topological polar surface area (TPSA) is 66.5 Å². The van der Waals surface area contributed by atoms with Gasteiger partial charge in [0.1, 0.15) is 11.6 Å². The molecule has 0 radical (unpaired) electrons. The van der Waals surface area contributed by atoms with Crippen molar-refractivity contribution in [2.24, 2.45) is 7.05 Å². The molecule has 2 aromatic rings. The van der Waals surface area contributed by atoms with Gasteiger partial charge in [-0.25, -0.2) is 4.98 Å². The lowest BCUT2D eigenvalue weighted by Crippen LogP contribution is -2.53. The maximum atomic E-state index is 12.3. The minimum Gasteiger partial charge on any atom is -0.467 e. The lowest BCUT2D eigenvalue weighted by atomic mass is 10.2. The van der Waals surface area contributed by atoms with E-state index in [1.54, 1.807) is 6.26 Å². The summed E-state index contributed by atoms with van der Waals surface area (Å²) in [6.07, 6.45) is 5.42. The average Bonchev–Trinajstić information content (AvgIpc) is 3.25. The van der Waals surface area contributed by atoms with Gasteiger partial charge >= 0.3 is 0 Å². The minimum atomic E-state index is -0.129. The summed E-state index contributed by atoms with van der Waals surface area (Å²) in [5.41, 5.74) is 0. The van der Waals surface area contributed by atoms with E-state index in [1.807, 2.05) is 38.5 Å². The zero-order valence-corrected chi connectivity index (χ0v) is 14.3. The normalized spacial score (nSPS) is 17.8. The van der Waals surface area contributed by atoms with E-state index in [2.05, 4.69) is 24.7 Å². The van der Waals surface area contributed by atoms with Crippen molar-refractivity contribution in [1.29, 1.82) is 0 Å². The van der Waals surface area contributed by atoms with Crippen LogP contribution in [0.15, 0.2) is 35.2 Å². The number of piperazine rings is 1. The van der Waals surface area contributed by atoms with E-state index in [-0.39, 0.29) is 11.9 Å². The van der Waals surface area contributed by atoms with E-state index in [0.29, 0.717) is 6.54 Å². The van der Waals surface area contributed by atoms with Crippen molar-refractivity contribution in [2.45, 2.75) is 26.1 Å². The molecule has 1 fully saturated rings. The molecule has 0 unspecified atom stereocenters. The Kier molecular flexibility index (Phi) is 5.32. The third kappa shape index (κ3) is 4.04. The number of rotatable bonds is 6. The Morgan fingerprint density at radius 2 is 2.17 bits per heavy atom. The van der Waals surface area contributed by atoms with Gasteiger partial charge in [-0.2, -0.15) is 0 Å². The lowest BCUT2D eigenvalue weighted by molar-refractivity contribution is -0.126. The van der Waals surface area contributed by atoms with Crippen LogP contribution in [0.5, 0.6) is 0 Å². The molecule has 1 aliphatic heterocycles. The Morgan fingerprint density at radius 3 is 2.79 bits per heavy atom. The fraction of sp³-hybridized carbons (Fsp3) is 0.529. The number of nitrogens with one attached hydrogen (secondary N) is 1. The molecular weight excluding hydrogens is 306 g/mol. The molecule has 0 bridgehead atoms. The van der Waals surface area contributed by atoms with Crippen molar-refractivity contribution in [3.63, 3.8) is 0 Å². The second-order valence-corrected chi connectivity index (χ2v) is 6.24. The molecule has 1 N–H and O–H groups in total. The van der Waals surface area contributed by atoms with E-state index in [4.69, 9.17) is 4.42 Å². The number of furan rings is 1. The highest BCUT2D eigenvalue weighted by Crippen LogP contribution is 2.10. The molecule has 0 saturated carbocycles. The fourth-order valence-electron chi connectivity index (χ4n) is 2.96. The number of amides is 1. The fourth-order valence-corrected chi connectivity index (χ4v) is 2.96. The zero-order chi connectivity index (χ0) is 16.9. The quantitative estimate of drug-likeness (QED) is 0.849. The zero-order valence-electron chi connectivity index (χ0n) is 14.3. The first-order valence-corrected chi connectivity index (χ1v) is 8.36. The van der Waals surface area contributed by atoms with E-state index in [0.717, 1.165) is 44.3 Å². The molecule has 24 heavy (non-hydrogen) atoms. The first kappa shape index (κ1) is 16.7. The van der Waals surface area contributed by atoms with Crippen LogP contribution in [0.25, 0.3) is 0 Å². The molecule has 1 amide bonds. The molecule has 1 saturated heterocycles. The molecule has 3 heterocycles. The molecule has 0 aliphatic carbocycles. The highest BCUT2D eigenvalue weighted by atomic mass is 16.3. The standard InChI is InChI=1S/C17H25N5O2/c1-14(17(23)19-12-15-4-3-11-24-15)22-9-7-21(8-10-22)13-16-18-5-6-20(16)2/h3-6,11,14H,7-10,12-13H2,1-2H3,(H,19,23)/t14-/m0/s1. The van der Waals surface area contributed by atoms with Crippen molar-refractivity contribution in [1.82, 2.24) is 24.7 Å². The van der Waals surface area contributed by atoms with Crippen molar-refractivity contribution < 1.29 is 9.21 Å². The van der Waals surface area contributed by atoms with E-state index < -0.39 is 0 Å². The monoisotopic (exact) mass is 331 g/mol. The number of carbonyl (C=O) groups is 1. The summed E-state index contributed by atoms with van der Waals surface area (Å²) in [7, 11) is 2.02. The van der Waals surface area contributed by atoms with Crippen LogP contribution in [0, 0.1) is 0 Å². The molecule has 2 aromatic heterocycles. The first-order chi connectivity index (χ1) is 11.6. The predicted octanol–water partition coefficient (Wildman–Crippen LogP) is 0.836. The Bertz CT molecular complexity index is 644. The van der Waals surface area contributed by atoms with Crippen LogP contribution < -0.4 is 5.32 Å². The van der Waals surface area contributed by atoms with Gasteiger partial charge in [0.05, 0.1) is 25.4 Å². The van der Waals surface area contributed by atoms with Crippen molar-refractivity contribution in [2.75, 3.05) is 26.2 Å². The smallest absolute Gasteiger partial charge is 0.237 e. The Labute approximate surface area is 142 Å². The van der Waals surface area contributed by atoms with Gasteiger partial charge < -0.3 is 14.3 Å². The van der Waals surface area contributed by atoms with Crippen LogP contribution in [0.2, 0.25) is 0 Å². The molecular formula is C17H25N5O2. The molecule has 0 spiro atoms. The predicted molar refractivity (Wildman–Crippen MR) is 90.1 cm³/mol. The van der Waals surface area contributed by atoms with E-state index in [1.165, 1.54) is 0 Å². The van der Waals surface area contributed by atoms with Crippen molar-refractivity contribution in [3.8, 4) is 0 Å². The van der Waals surface area contributed by atoms with Crippen LogP contribution in [0.4, 0.5) is 0 Å². The van der Waals surface area contributed by atoms with Gasteiger partial charge in [-0.1, -0.05) is 0 Å². The number of imidazole rings is 1. The van der Waals surface area contributed by atoms with E-state index >= 15 is 0 Å². The number of aromatic nitrogens is 2. The summed E-state index contributed by atoms with van der Waals surface area (Å²) in [6, 6.07) is 3.56. The second-order valence-electron chi connectivity index (χ2n) is 6.24. The molecule has 0 aromatic carbocycles. The van der Waals surface area contributed by atoms with Gasteiger partial charge in [0, 0.05) is 45.6 Å². The van der Waals surface area contributed by atoms with E-state index in [9.17, 15) is 4.79 Å². The minimum absolute atomic E-state index is 0.0453. The van der Waals surface area contributed by atoms with Gasteiger partial charge in [-0.15, -0.1) is 0 Å².